The first-order chi connectivity index (χ1) is 9.08. The van der Waals surface area contributed by atoms with Crippen LogP contribution in [0.4, 0.5) is 11.5 Å². The summed E-state index contributed by atoms with van der Waals surface area (Å²) in [5, 5.41) is 0. The van der Waals surface area contributed by atoms with E-state index in [2.05, 4.69) is 14.9 Å². The fourth-order valence-electron chi connectivity index (χ4n) is 2.14. The second kappa shape index (κ2) is 7.36. The van der Waals surface area contributed by atoms with E-state index in [1.807, 2.05) is 33.2 Å². The molecule has 1 aromatic heterocycles. The molecule has 0 saturated heterocycles. The average Bonchev–Trinajstić information content (AvgIpc) is 2.46. The molecule has 6 heteroatoms. The number of halogens is 1. The summed E-state index contributed by atoms with van der Waals surface area (Å²) in [4.78, 5) is 24.9. The summed E-state index contributed by atoms with van der Waals surface area (Å²) in [6.07, 6.45) is 3.01. The standard InChI is InChI=1S/C14H20N4O.ClH/c1-11-10-13(19)18(9-5-8-17(2)3)14-12(16-11)6-4-7-15-14;/h4,6-7H,5,8-10H2,1-3H3;1H. The largest absolute Gasteiger partial charge is 0.309 e. The molecule has 0 fully saturated rings. The van der Waals surface area contributed by atoms with Crippen LogP contribution in [0.25, 0.3) is 0 Å². The van der Waals surface area contributed by atoms with E-state index in [1.54, 1.807) is 11.1 Å². The van der Waals surface area contributed by atoms with Crippen LogP contribution in [0.1, 0.15) is 19.8 Å². The molecule has 0 bridgehead atoms. The van der Waals surface area contributed by atoms with E-state index in [4.69, 9.17) is 0 Å². The molecular weight excluding hydrogens is 276 g/mol. The van der Waals surface area contributed by atoms with Gasteiger partial charge in [-0.15, -0.1) is 12.4 Å². The molecule has 0 unspecified atom stereocenters. The predicted octanol–water partition coefficient (Wildman–Crippen LogP) is 2.28. The second-order valence-corrected chi connectivity index (χ2v) is 5.07. The van der Waals surface area contributed by atoms with Crippen LogP contribution < -0.4 is 4.90 Å². The Morgan fingerprint density at radius 2 is 2.15 bits per heavy atom. The maximum atomic E-state index is 12.3. The highest BCUT2D eigenvalue weighted by Gasteiger charge is 2.23. The molecule has 0 atom stereocenters. The SMILES string of the molecule is CC1=Nc2cccnc2N(CCCN(C)C)C(=O)C1.Cl. The summed E-state index contributed by atoms with van der Waals surface area (Å²) in [7, 11) is 4.06. The van der Waals surface area contributed by atoms with Crippen LogP contribution in [0.2, 0.25) is 0 Å². The van der Waals surface area contributed by atoms with Gasteiger partial charge in [-0.05, 0) is 46.1 Å². The minimum Gasteiger partial charge on any atom is -0.309 e. The lowest BCUT2D eigenvalue weighted by Crippen LogP contribution is -2.34. The maximum Gasteiger partial charge on any atom is 0.233 e. The molecule has 20 heavy (non-hydrogen) atoms. The van der Waals surface area contributed by atoms with E-state index >= 15 is 0 Å². The summed E-state index contributed by atoms with van der Waals surface area (Å²) >= 11 is 0. The van der Waals surface area contributed by atoms with Crippen molar-refractivity contribution >= 4 is 35.5 Å². The Balaban J connectivity index is 0.00000200. The van der Waals surface area contributed by atoms with E-state index in [9.17, 15) is 4.79 Å². The first-order valence-corrected chi connectivity index (χ1v) is 6.52. The van der Waals surface area contributed by atoms with E-state index < -0.39 is 0 Å². The number of amides is 1. The number of rotatable bonds is 4. The first kappa shape index (κ1) is 16.6. The van der Waals surface area contributed by atoms with Gasteiger partial charge in [0.1, 0.15) is 5.69 Å². The zero-order valence-electron chi connectivity index (χ0n) is 12.2. The van der Waals surface area contributed by atoms with Crippen LogP contribution in [0.5, 0.6) is 0 Å². The van der Waals surface area contributed by atoms with Crippen LogP contribution in [-0.2, 0) is 4.79 Å². The molecule has 0 spiro atoms. The van der Waals surface area contributed by atoms with Gasteiger partial charge >= 0.3 is 0 Å². The Hall–Kier alpha value is -1.46. The van der Waals surface area contributed by atoms with Crippen molar-refractivity contribution in [3.05, 3.63) is 18.3 Å². The van der Waals surface area contributed by atoms with Crippen molar-refractivity contribution < 1.29 is 4.79 Å². The average molecular weight is 297 g/mol. The van der Waals surface area contributed by atoms with Gasteiger partial charge in [-0.1, -0.05) is 0 Å². The van der Waals surface area contributed by atoms with Gasteiger partial charge in [0.25, 0.3) is 0 Å². The van der Waals surface area contributed by atoms with E-state index in [1.165, 1.54) is 0 Å². The lowest BCUT2D eigenvalue weighted by Gasteiger charge is -2.22. The van der Waals surface area contributed by atoms with Crippen molar-refractivity contribution in [1.29, 1.82) is 0 Å². The molecule has 1 amide bonds. The molecular formula is C14H21ClN4O. The number of nitrogens with zero attached hydrogens (tertiary/aromatic N) is 4. The number of anilines is 1. The monoisotopic (exact) mass is 296 g/mol. The quantitative estimate of drug-likeness (QED) is 0.856. The lowest BCUT2D eigenvalue weighted by molar-refractivity contribution is -0.117. The number of hydrogen-bond donors (Lipinski definition) is 0. The Morgan fingerprint density at radius 3 is 2.85 bits per heavy atom. The van der Waals surface area contributed by atoms with Crippen molar-refractivity contribution in [3.63, 3.8) is 0 Å². The third-order valence-electron chi connectivity index (χ3n) is 3.03. The third-order valence-corrected chi connectivity index (χ3v) is 3.03. The molecule has 0 radical (unpaired) electrons. The summed E-state index contributed by atoms with van der Waals surface area (Å²) in [6.45, 7) is 3.52. The topological polar surface area (TPSA) is 48.8 Å². The van der Waals surface area contributed by atoms with Crippen LogP contribution in [0.15, 0.2) is 23.3 Å². The minimum atomic E-state index is 0. The Bertz CT molecular complexity index is 502. The predicted molar refractivity (Wildman–Crippen MR) is 84.4 cm³/mol. The summed E-state index contributed by atoms with van der Waals surface area (Å²) in [6, 6.07) is 3.76. The fraction of sp³-hybridized carbons (Fsp3) is 0.500. The Kier molecular flexibility index (Phi) is 6.10. The molecule has 1 aliphatic rings. The third kappa shape index (κ3) is 4.02. The number of fused-ring (bicyclic) bond motifs is 1. The van der Waals surface area contributed by atoms with Crippen LogP contribution in [0.3, 0.4) is 0 Å². The Morgan fingerprint density at radius 1 is 1.40 bits per heavy atom. The smallest absolute Gasteiger partial charge is 0.233 e. The zero-order valence-corrected chi connectivity index (χ0v) is 13.0. The van der Waals surface area contributed by atoms with Crippen molar-refractivity contribution in [2.75, 3.05) is 32.1 Å². The second-order valence-electron chi connectivity index (χ2n) is 5.07. The first-order valence-electron chi connectivity index (χ1n) is 6.52. The maximum absolute atomic E-state index is 12.3. The molecule has 110 valence electrons. The van der Waals surface area contributed by atoms with Gasteiger partial charge in [0.15, 0.2) is 5.82 Å². The Labute approximate surface area is 126 Å². The number of carbonyl (C=O) groups is 1. The highest BCUT2D eigenvalue weighted by atomic mass is 35.5. The van der Waals surface area contributed by atoms with Crippen molar-refractivity contribution in [3.8, 4) is 0 Å². The van der Waals surface area contributed by atoms with Gasteiger partial charge in [-0.2, -0.15) is 0 Å². The molecule has 0 N–H and O–H groups in total. The molecule has 0 aliphatic carbocycles. The summed E-state index contributed by atoms with van der Waals surface area (Å²) < 4.78 is 0. The van der Waals surface area contributed by atoms with Crippen LogP contribution >= 0.6 is 12.4 Å². The van der Waals surface area contributed by atoms with Gasteiger partial charge in [-0.3, -0.25) is 14.7 Å². The van der Waals surface area contributed by atoms with Gasteiger partial charge in [0.05, 0.1) is 6.42 Å². The molecule has 1 aliphatic heterocycles. The fourth-order valence-corrected chi connectivity index (χ4v) is 2.14. The van der Waals surface area contributed by atoms with Crippen LogP contribution in [-0.4, -0.2) is 48.7 Å². The highest BCUT2D eigenvalue weighted by molar-refractivity contribution is 6.10. The molecule has 0 aromatic carbocycles. The number of pyridine rings is 1. The van der Waals surface area contributed by atoms with E-state index in [0.717, 1.165) is 24.4 Å². The molecule has 2 rings (SSSR count). The minimum absolute atomic E-state index is 0. The van der Waals surface area contributed by atoms with Gasteiger partial charge in [-0.25, -0.2) is 4.98 Å². The highest BCUT2D eigenvalue weighted by Crippen LogP contribution is 2.29. The zero-order chi connectivity index (χ0) is 13.8. The lowest BCUT2D eigenvalue weighted by atomic mass is 10.2. The number of carbonyl (C=O) groups excluding carboxylic acids is 1. The van der Waals surface area contributed by atoms with Gasteiger partial charge < -0.3 is 4.90 Å². The number of aromatic nitrogens is 1. The van der Waals surface area contributed by atoms with E-state index in [0.29, 0.717) is 18.8 Å². The van der Waals surface area contributed by atoms with Gasteiger partial charge in [0.2, 0.25) is 5.91 Å². The number of hydrogen-bond acceptors (Lipinski definition) is 4. The molecule has 1 aromatic rings. The van der Waals surface area contributed by atoms with E-state index in [-0.39, 0.29) is 18.3 Å². The number of aliphatic imine (C=N–C) groups is 1. The van der Waals surface area contributed by atoms with Crippen molar-refractivity contribution in [2.45, 2.75) is 19.8 Å². The molecule has 2 heterocycles. The normalized spacial score (nSPS) is 14.5. The molecule has 0 saturated carbocycles. The summed E-state index contributed by atoms with van der Waals surface area (Å²) in [5.41, 5.74) is 1.63. The van der Waals surface area contributed by atoms with Crippen LogP contribution in [0, 0.1) is 0 Å². The summed E-state index contributed by atoms with van der Waals surface area (Å²) in [5.74, 6) is 0.764. The van der Waals surface area contributed by atoms with Crippen molar-refractivity contribution in [1.82, 2.24) is 9.88 Å². The van der Waals surface area contributed by atoms with Crippen molar-refractivity contribution in [2.24, 2.45) is 4.99 Å². The molecule has 5 nitrogen and oxygen atoms in total. The van der Waals surface area contributed by atoms with Gasteiger partial charge in [0, 0.05) is 18.5 Å².